The van der Waals surface area contributed by atoms with Gasteiger partial charge in [-0.3, -0.25) is 4.79 Å². The molecule has 1 amide bonds. The number of rotatable bonds is 3. The van der Waals surface area contributed by atoms with E-state index < -0.39 is 0 Å². The van der Waals surface area contributed by atoms with Gasteiger partial charge in [0.25, 0.3) is 0 Å². The van der Waals surface area contributed by atoms with Gasteiger partial charge in [0, 0.05) is 25.2 Å². The highest BCUT2D eigenvalue weighted by Gasteiger charge is 2.31. The number of carbonyl (C=O) groups is 1. The second-order valence-electron chi connectivity index (χ2n) is 5.18. The first-order valence-electron chi connectivity index (χ1n) is 6.19. The summed E-state index contributed by atoms with van der Waals surface area (Å²) < 4.78 is 0. The van der Waals surface area contributed by atoms with E-state index in [-0.39, 0.29) is 5.91 Å². The molecule has 0 aliphatic carbocycles. The highest BCUT2D eigenvalue weighted by molar-refractivity contribution is 5.78. The van der Waals surface area contributed by atoms with Crippen LogP contribution >= 0.6 is 0 Å². The molecule has 0 spiro atoms. The molecule has 1 atom stereocenters. The Morgan fingerprint density at radius 3 is 2.71 bits per heavy atom. The predicted molar refractivity (Wildman–Crippen MR) is 69.2 cm³/mol. The number of likely N-dealkylation sites (tertiary alicyclic amines) is 1. The minimum atomic E-state index is 0.256. The lowest BCUT2D eigenvalue weighted by Gasteiger charge is -2.19. The van der Waals surface area contributed by atoms with Crippen molar-refractivity contribution in [2.24, 2.45) is 11.8 Å². The molecule has 92 valence electrons. The standard InChI is InChI=1S/C14H20N2O/c1-10(2)12-7-14(17)16(9-12)8-11-5-3-4-6-13(11)15/h3-6,10,12H,7-9,15H2,1-2H3. The predicted octanol–water partition coefficient (Wildman–Crippen LogP) is 2.27. The third-order valence-electron chi connectivity index (χ3n) is 3.60. The van der Waals surface area contributed by atoms with Gasteiger partial charge in [0.05, 0.1) is 0 Å². The number of hydrogen-bond donors (Lipinski definition) is 1. The van der Waals surface area contributed by atoms with Crippen molar-refractivity contribution >= 4 is 11.6 Å². The average molecular weight is 232 g/mol. The number of para-hydroxylation sites is 1. The smallest absolute Gasteiger partial charge is 0.223 e. The molecule has 0 bridgehead atoms. The Bertz CT molecular complexity index is 414. The summed E-state index contributed by atoms with van der Waals surface area (Å²) in [6.07, 6.45) is 0.685. The van der Waals surface area contributed by atoms with Crippen LogP contribution in [0.2, 0.25) is 0 Å². The molecule has 1 aliphatic heterocycles. The monoisotopic (exact) mass is 232 g/mol. The molecular formula is C14H20N2O. The number of hydrogen-bond acceptors (Lipinski definition) is 2. The van der Waals surface area contributed by atoms with Crippen LogP contribution in [-0.4, -0.2) is 17.4 Å². The van der Waals surface area contributed by atoms with Gasteiger partial charge in [-0.2, -0.15) is 0 Å². The van der Waals surface area contributed by atoms with Gasteiger partial charge < -0.3 is 10.6 Å². The second kappa shape index (κ2) is 4.78. The molecule has 1 unspecified atom stereocenters. The minimum Gasteiger partial charge on any atom is -0.398 e. The van der Waals surface area contributed by atoms with Crippen LogP contribution in [0, 0.1) is 11.8 Å². The molecule has 1 fully saturated rings. The van der Waals surface area contributed by atoms with Crippen LogP contribution in [0.25, 0.3) is 0 Å². The van der Waals surface area contributed by atoms with E-state index >= 15 is 0 Å². The van der Waals surface area contributed by atoms with Crippen molar-refractivity contribution < 1.29 is 4.79 Å². The Hall–Kier alpha value is -1.51. The highest BCUT2D eigenvalue weighted by Crippen LogP contribution is 2.26. The van der Waals surface area contributed by atoms with Gasteiger partial charge in [-0.1, -0.05) is 32.0 Å². The number of nitrogens with two attached hydrogens (primary N) is 1. The number of nitrogens with zero attached hydrogens (tertiary/aromatic N) is 1. The van der Waals surface area contributed by atoms with Crippen molar-refractivity contribution in [3.8, 4) is 0 Å². The molecule has 1 saturated heterocycles. The first-order valence-corrected chi connectivity index (χ1v) is 6.19. The van der Waals surface area contributed by atoms with Gasteiger partial charge in [0.2, 0.25) is 5.91 Å². The topological polar surface area (TPSA) is 46.3 Å². The van der Waals surface area contributed by atoms with E-state index in [9.17, 15) is 4.79 Å². The van der Waals surface area contributed by atoms with E-state index in [0.29, 0.717) is 24.8 Å². The summed E-state index contributed by atoms with van der Waals surface area (Å²) in [6.45, 7) is 5.87. The maximum Gasteiger partial charge on any atom is 0.223 e. The number of benzene rings is 1. The third-order valence-corrected chi connectivity index (χ3v) is 3.60. The fourth-order valence-electron chi connectivity index (χ4n) is 2.29. The normalized spacial score (nSPS) is 20.3. The summed E-state index contributed by atoms with van der Waals surface area (Å²) >= 11 is 0. The molecular weight excluding hydrogens is 212 g/mol. The van der Waals surface area contributed by atoms with Crippen molar-refractivity contribution in [1.82, 2.24) is 4.90 Å². The molecule has 1 heterocycles. The summed E-state index contributed by atoms with van der Waals surface area (Å²) in [4.78, 5) is 13.8. The first-order chi connectivity index (χ1) is 8.08. The maximum atomic E-state index is 11.9. The molecule has 3 heteroatoms. The van der Waals surface area contributed by atoms with E-state index in [1.807, 2.05) is 29.2 Å². The van der Waals surface area contributed by atoms with Crippen molar-refractivity contribution in [2.45, 2.75) is 26.8 Å². The third kappa shape index (κ3) is 2.60. The van der Waals surface area contributed by atoms with Crippen molar-refractivity contribution in [1.29, 1.82) is 0 Å². The second-order valence-corrected chi connectivity index (χ2v) is 5.18. The largest absolute Gasteiger partial charge is 0.398 e. The molecule has 0 radical (unpaired) electrons. The number of amides is 1. The first kappa shape index (κ1) is 12.0. The molecule has 1 aromatic carbocycles. The Labute approximate surface area is 103 Å². The van der Waals surface area contributed by atoms with E-state index in [4.69, 9.17) is 5.73 Å². The van der Waals surface area contributed by atoms with Gasteiger partial charge in [0.1, 0.15) is 0 Å². The lowest BCUT2D eigenvalue weighted by atomic mass is 9.95. The molecule has 0 aromatic heterocycles. The molecule has 3 nitrogen and oxygen atoms in total. The van der Waals surface area contributed by atoms with Crippen LogP contribution in [0.4, 0.5) is 5.69 Å². The maximum absolute atomic E-state index is 11.9. The van der Waals surface area contributed by atoms with Crippen LogP contribution in [0.1, 0.15) is 25.8 Å². The lowest BCUT2D eigenvalue weighted by Crippen LogP contribution is -2.25. The Morgan fingerprint density at radius 1 is 1.41 bits per heavy atom. The highest BCUT2D eigenvalue weighted by atomic mass is 16.2. The van der Waals surface area contributed by atoms with Crippen LogP contribution in [0.3, 0.4) is 0 Å². The quantitative estimate of drug-likeness (QED) is 0.813. The fraction of sp³-hybridized carbons (Fsp3) is 0.500. The van der Waals surface area contributed by atoms with Crippen LogP contribution in [0.15, 0.2) is 24.3 Å². The average Bonchev–Trinajstić information content (AvgIpc) is 2.64. The van der Waals surface area contributed by atoms with E-state index in [1.165, 1.54) is 0 Å². The molecule has 2 rings (SSSR count). The van der Waals surface area contributed by atoms with Crippen molar-refractivity contribution in [2.75, 3.05) is 12.3 Å². The Kier molecular flexibility index (Phi) is 3.36. The molecule has 1 aliphatic rings. The number of carbonyl (C=O) groups excluding carboxylic acids is 1. The van der Waals surface area contributed by atoms with E-state index in [2.05, 4.69) is 13.8 Å². The zero-order valence-electron chi connectivity index (χ0n) is 10.5. The fourth-order valence-corrected chi connectivity index (χ4v) is 2.29. The number of anilines is 1. The van der Waals surface area contributed by atoms with E-state index in [1.54, 1.807) is 0 Å². The van der Waals surface area contributed by atoms with Crippen LogP contribution in [-0.2, 0) is 11.3 Å². The molecule has 2 N–H and O–H groups in total. The minimum absolute atomic E-state index is 0.256. The molecule has 1 aromatic rings. The summed E-state index contributed by atoms with van der Waals surface area (Å²) in [5.41, 5.74) is 7.72. The van der Waals surface area contributed by atoms with Gasteiger partial charge in [-0.25, -0.2) is 0 Å². The summed E-state index contributed by atoms with van der Waals surface area (Å²) in [6, 6.07) is 7.76. The summed E-state index contributed by atoms with van der Waals surface area (Å²) in [7, 11) is 0. The lowest BCUT2D eigenvalue weighted by molar-refractivity contribution is -0.128. The summed E-state index contributed by atoms with van der Waals surface area (Å²) in [5.74, 6) is 1.32. The Balaban J connectivity index is 2.06. The van der Waals surface area contributed by atoms with Crippen LogP contribution in [0.5, 0.6) is 0 Å². The van der Waals surface area contributed by atoms with Crippen molar-refractivity contribution in [3.05, 3.63) is 29.8 Å². The molecule has 17 heavy (non-hydrogen) atoms. The van der Waals surface area contributed by atoms with Gasteiger partial charge in [-0.15, -0.1) is 0 Å². The number of nitrogen functional groups attached to an aromatic ring is 1. The molecule has 0 saturated carbocycles. The zero-order chi connectivity index (χ0) is 12.4. The zero-order valence-corrected chi connectivity index (χ0v) is 10.5. The van der Waals surface area contributed by atoms with E-state index in [0.717, 1.165) is 17.8 Å². The SMILES string of the molecule is CC(C)C1CC(=O)N(Cc2ccccc2N)C1. The van der Waals surface area contributed by atoms with Crippen molar-refractivity contribution in [3.63, 3.8) is 0 Å². The van der Waals surface area contributed by atoms with Gasteiger partial charge in [-0.05, 0) is 23.5 Å². The Morgan fingerprint density at radius 2 is 2.12 bits per heavy atom. The van der Waals surface area contributed by atoms with Gasteiger partial charge >= 0.3 is 0 Å². The van der Waals surface area contributed by atoms with Gasteiger partial charge in [0.15, 0.2) is 0 Å². The van der Waals surface area contributed by atoms with Crippen LogP contribution < -0.4 is 5.73 Å². The summed E-state index contributed by atoms with van der Waals surface area (Å²) in [5, 5.41) is 0.